The summed E-state index contributed by atoms with van der Waals surface area (Å²) in [6.07, 6.45) is 2.94. The van der Waals surface area contributed by atoms with Gasteiger partial charge in [-0.2, -0.15) is 13.2 Å². The number of pyridine rings is 1. The average molecular weight is 411 g/mol. The number of nitrogens with two attached hydrogens (primary N) is 2. The Balaban J connectivity index is 1.99. The first-order valence-electron chi connectivity index (χ1n) is 9.68. The lowest BCUT2D eigenvalue weighted by molar-refractivity contribution is -0.137. The number of halogens is 3. The second-order valence-electron chi connectivity index (χ2n) is 8.14. The molecule has 6 nitrogen and oxygen atoms in total. The third kappa shape index (κ3) is 4.25. The monoisotopic (exact) mass is 411 g/mol. The number of methoxy groups -OCH3 is 1. The smallest absolute Gasteiger partial charge is 0.398 e. The molecule has 2 heterocycles. The molecule has 0 bridgehead atoms. The molecule has 29 heavy (non-hydrogen) atoms. The quantitative estimate of drug-likeness (QED) is 0.669. The van der Waals surface area contributed by atoms with Crippen molar-refractivity contribution in [1.82, 2.24) is 10.3 Å². The number of nitrogens with one attached hydrogen (secondary N) is 1. The SMILES string of the molecule is CNC1(CC2(COC)CCCC2)CC(c2cncc(C(F)(F)F)c2)=NC(N)=C1N. The Hall–Kier alpha value is -2.13. The molecule has 1 unspecified atom stereocenters. The summed E-state index contributed by atoms with van der Waals surface area (Å²) in [5.41, 5.74) is 12.1. The fourth-order valence-corrected chi connectivity index (χ4v) is 4.70. The van der Waals surface area contributed by atoms with E-state index in [0.29, 0.717) is 36.4 Å². The molecule has 1 aliphatic carbocycles. The third-order valence-electron chi connectivity index (χ3n) is 6.19. The Morgan fingerprint density at radius 1 is 1.21 bits per heavy atom. The maximum atomic E-state index is 13.1. The Morgan fingerprint density at radius 2 is 1.90 bits per heavy atom. The minimum absolute atomic E-state index is 0.0584. The topological polar surface area (TPSA) is 98.5 Å². The van der Waals surface area contributed by atoms with Gasteiger partial charge >= 0.3 is 6.18 Å². The first-order chi connectivity index (χ1) is 13.6. The van der Waals surface area contributed by atoms with E-state index in [1.54, 1.807) is 14.2 Å². The minimum Gasteiger partial charge on any atom is -0.398 e. The molecule has 9 heteroatoms. The highest BCUT2D eigenvalue weighted by Crippen LogP contribution is 2.47. The predicted molar refractivity (Wildman–Crippen MR) is 105 cm³/mol. The fourth-order valence-electron chi connectivity index (χ4n) is 4.70. The zero-order chi connectivity index (χ0) is 21.3. The van der Waals surface area contributed by atoms with Crippen LogP contribution in [0.3, 0.4) is 0 Å². The summed E-state index contributed by atoms with van der Waals surface area (Å²) < 4.78 is 44.9. The van der Waals surface area contributed by atoms with Crippen molar-refractivity contribution in [3.63, 3.8) is 0 Å². The number of rotatable bonds is 6. The summed E-state index contributed by atoms with van der Waals surface area (Å²) in [7, 11) is 3.48. The second-order valence-corrected chi connectivity index (χ2v) is 8.14. The van der Waals surface area contributed by atoms with Crippen LogP contribution in [0.2, 0.25) is 0 Å². The zero-order valence-corrected chi connectivity index (χ0v) is 16.8. The van der Waals surface area contributed by atoms with E-state index in [4.69, 9.17) is 16.2 Å². The number of ether oxygens (including phenoxy) is 1. The average Bonchev–Trinajstić information content (AvgIpc) is 3.13. The van der Waals surface area contributed by atoms with Crippen molar-refractivity contribution < 1.29 is 17.9 Å². The number of likely N-dealkylation sites (N-methyl/N-ethyl adjacent to an activating group) is 1. The maximum Gasteiger partial charge on any atom is 0.417 e. The summed E-state index contributed by atoms with van der Waals surface area (Å²) in [5, 5.41) is 3.31. The molecule has 0 spiro atoms. The van der Waals surface area contributed by atoms with Crippen molar-refractivity contribution in [3.05, 3.63) is 41.1 Å². The highest BCUT2D eigenvalue weighted by Gasteiger charge is 2.46. The number of hydrogen-bond acceptors (Lipinski definition) is 6. The molecule has 0 saturated heterocycles. The van der Waals surface area contributed by atoms with Crippen LogP contribution in [0, 0.1) is 5.41 Å². The summed E-state index contributed by atoms with van der Waals surface area (Å²) in [6.45, 7) is 0.598. The standard InChI is InChI=1S/C20H28F3N5O/c1-26-19(11-18(12-29-2)5-3-4-6-18)8-15(28-17(25)16(19)24)13-7-14(10-27-9-13)20(21,22)23/h7,9-10,26H,3-6,8,11-12,24-25H2,1-2H3. The largest absolute Gasteiger partial charge is 0.417 e. The van der Waals surface area contributed by atoms with Crippen molar-refractivity contribution in [2.75, 3.05) is 20.8 Å². The first-order valence-corrected chi connectivity index (χ1v) is 9.68. The molecule has 5 N–H and O–H groups in total. The van der Waals surface area contributed by atoms with Gasteiger partial charge in [0.25, 0.3) is 0 Å². The molecule has 1 aromatic heterocycles. The van der Waals surface area contributed by atoms with Gasteiger partial charge in [0.2, 0.25) is 0 Å². The van der Waals surface area contributed by atoms with Crippen LogP contribution in [0.1, 0.15) is 49.7 Å². The molecule has 0 radical (unpaired) electrons. The van der Waals surface area contributed by atoms with Crippen molar-refractivity contribution >= 4 is 5.71 Å². The highest BCUT2D eigenvalue weighted by molar-refractivity contribution is 6.02. The van der Waals surface area contributed by atoms with Crippen LogP contribution in [0.4, 0.5) is 13.2 Å². The van der Waals surface area contributed by atoms with E-state index >= 15 is 0 Å². The van der Waals surface area contributed by atoms with Crippen LogP contribution in [-0.4, -0.2) is 37.0 Å². The Labute approximate surface area is 168 Å². The van der Waals surface area contributed by atoms with Gasteiger partial charge in [-0.05, 0) is 37.8 Å². The van der Waals surface area contributed by atoms with Crippen molar-refractivity contribution in [3.8, 4) is 0 Å². The number of aliphatic imine (C=N–C) groups is 1. The van der Waals surface area contributed by atoms with Gasteiger partial charge in [-0.1, -0.05) is 12.8 Å². The van der Waals surface area contributed by atoms with E-state index in [0.717, 1.165) is 37.9 Å². The summed E-state index contributed by atoms with van der Waals surface area (Å²) in [5.74, 6) is 0.128. The molecular formula is C20H28F3N5O. The molecule has 0 aromatic carbocycles. The van der Waals surface area contributed by atoms with Gasteiger partial charge in [0.15, 0.2) is 0 Å². The summed E-state index contributed by atoms with van der Waals surface area (Å²) >= 11 is 0. The van der Waals surface area contributed by atoms with E-state index in [1.807, 2.05) is 0 Å². The lowest BCUT2D eigenvalue weighted by atomic mass is 9.70. The van der Waals surface area contributed by atoms with Gasteiger partial charge in [0.1, 0.15) is 5.82 Å². The van der Waals surface area contributed by atoms with E-state index in [1.165, 1.54) is 6.20 Å². The first kappa shape index (κ1) is 21.6. The molecule has 1 atom stereocenters. The van der Waals surface area contributed by atoms with Crippen LogP contribution in [0.5, 0.6) is 0 Å². The highest BCUT2D eigenvalue weighted by atomic mass is 19.4. The third-order valence-corrected chi connectivity index (χ3v) is 6.19. The predicted octanol–water partition coefficient (Wildman–Crippen LogP) is 2.93. The van der Waals surface area contributed by atoms with Gasteiger partial charge in [0.05, 0.1) is 29.1 Å². The van der Waals surface area contributed by atoms with Crippen LogP contribution in [-0.2, 0) is 10.9 Å². The van der Waals surface area contributed by atoms with Crippen molar-refractivity contribution in [2.45, 2.75) is 50.2 Å². The van der Waals surface area contributed by atoms with Gasteiger partial charge in [-0.15, -0.1) is 0 Å². The number of alkyl halides is 3. The van der Waals surface area contributed by atoms with E-state index in [2.05, 4.69) is 15.3 Å². The summed E-state index contributed by atoms with van der Waals surface area (Å²) in [4.78, 5) is 8.07. The molecule has 1 aromatic rings. The van der Waals surface area contributed by atoms with Gasteiger partial charge < -0.3 is 21.5 Å². The Kier molecular flexibility index (Phi) is 5.91. The maximum absolute atomic E-state index is 13.1. The van der Waals surface area contributed by atoms with Gasteiger partial charge in [0, 0.05) is 31.5 Å². The molecule has 1 fully saturated rings. The van der Waals surface area contributed by atoms with Gasteiger partial charge in [-0.3, -0.25) is 4.98 Å². The van der Waals surface area contributed by atoms with Gasteiger partial charge in [-0.25, -0.2) is 4.99 Å². The van der Waals surface area contributed by atoms with Crippen LogP contribution < -0.4 is 16.8 Å². The normalized spacial score (nSPS) is 24.7. The zero-order valence-electron chi connectivity index (χ0n) is 16.8. The second kappa shape index (κ2) is 7.95. The van der Waals surface area contributed by atoms with Crippen LogP contribution >= 0.6 is 0 Å². The molecule has 3 rings (SSSR count). The van der Waals surface area contributed by atoms with Crippen LogP contribution in [0.15, 0.2) is 35.0 Å². The fraction of sp³-hybridized carbons (Fsp3) is 0.600. The van der Waals surface area contributed by atoms with Crippen molar-refractivity contribution in [2.24, 2.45) is 21.9 Å². The molecular weight excluding hydrogens is 383 g/mol. The Bertz CT molecular complexity index is 815. The molecule has 1 saturated carbocycles. The molecule has 2 aliphatic rings. The van der Waals surface area contributed by atoms with Crippen molar-refractivity contribution in [1.29, 1.82) is 0 Å². The van der Waals surface area contributed by atoms with E-state index in [9.17, 15) is 13.2 Å². The summed E-state index contributed by atoms with van der Waals surface area (Å²) in [6, 6.07) is 1.06. The van der Waals surface area contributed by atoms with Crippen LogP contribution in [0.25, 0.3) is 0 Å². The number of aromatic nitrogens is 1. The molecule has 1 aliphatic heterocycles. The number of hydrogen-bond donors (Lipinski definition) is 3. The Morgan fingerprint density at radius 3 is 2.48 bits per heavy atom. The lowest BCUT2D eigenvalue weighted by Crippen LogP contribution is -2.55. The molecule has 160 valence electrons. The minimum atomic E-state index is -4.48. The van der Waals surface area contributed by atoms with E-state index < -0.39 is 17.3 Å². The number of nitrogens with zero attached hydrogens (tertiary/aromatic N) is 2. The lowest BCUT2D eigenvalue weighted by Gasteiger charge is -2.44. The van der Waals surface area contributed by atoms with E-state index in [-0.39, 0.29) is 11.2 Å². The molecule has 0 amide bonds.